The summed E-state index contributed by atoms with van der Waals surface area (Å²) in [5.74, 6) is 0.251. The summed E-state index contributed by atoms with van der Waals surface area (Å²) < 4.78 is 0. The van der Waals surface area contributed by atoms with Crippen molar-refractivity contribution in [2.45, 2.75) is 26.9 Å². The van der Waals surface area contributed by atoms with Crippen LogP contribution in [0.4, 0.5) is 0 Å². The minimum Gasteiger partial charge on any atom is -0.386 e. The van der Waals surface area contributed by atoms with Gasteiger partial charge in [-0.05, 0) is 12.8 Å². The van der Waals surface area contributed by atoms with Crippen LogP contribution in [0.25, 0.3) is 0 Å². The molecule has 11 heavy (non-hydrogen) atoms. The maximum atomic E-state index is 9.56. The Balaban J connectivity index is 2.76. The topological polar surface area (TPSA) is 33.1 Å². The zero-order valence-corrected chi connectivity index (χ0v) is 7.85. The summed E-state index contributed by atoms with van der Waals surface area (Å²) in [6.07, 6.45) is -0.395. The fourth-order valence-electron chi connectivity index (χ4n) is 0.793. The molecule has 0 aliphatic carbocycles. The number of thiazole rings is 1. The fraction of sp³-hybridized carbons (Fsp3) is 0.625. The average molecular weight is 171 g/mol. The SMILES string of the molecule is Cc1csc(C(O)C(C)C)n1. The van der Waals surface area contributed by atoms with E-state index >= 15 is 0 Å². The molecule has 3 heteroatoms. The zero-order valence-electron chi connectivity index (χ0n) is 7.03. The number of aliphatic hydroxyl groups excluding tert-OH is 1. The predicted octanol–water partition coefficient (Wildman–Crippen LogP) is 2.14. The van der Waals surface area contributed by atoms with Crippen LogP contribution in [0.1, 0.15) is 30.7 Å². The summed E-state index contributed by atoms with van der Waals surface area (Å²) in [5.41, 5.74) is 0.990. The number of hydrogen-bond donors (Lipinski definition) is 1. The largest absolute Gasteiger partial charge is 0.386 e. The van der Waals surface area contributed by atoms with Crippen molar-refractivity contribution < 1.29 is 5.11 Å². The predicted molar refractivity (Wildman–Crippen MR) is 46.6 cm³/mol. The molecule has 0 aromatic carbocycles. The molecule has 0 bridgehead atoms. The minimum atomic E-state index is -0.395. The van der Waals surface area contributed by atoms with E-state index in [0.717, 1.165) is 10.7 Å². The summed E-state index contributed by atoms with van der Waals surface area (Å²) in [5, 5.41) is 12.3. The highest BCUT2D eigenvalue weighted by Gasteiger charge is 2.14. The molecule has 1 aromatic heterocycles. The second kappa shape index (κ2) is 3.32. The van der Waals surface area contributed by atoms with Gasteiger partial charge in [-0.1, -0.05) is 13.8 Å². The normalized spacial score (nSPS) is 13.9. The summed E-state index contributed by atoms with van der Waals surface area (Å²) in [6.45, 7) is 5.91. The van der Waals surface area contributed by atoms with Gasteiger partial charge in [-0.3, -0.25) is 0 Å². The summed E-state index contributed by atoms with van der Waals surface area (Å²) in [7, 11) is 0. The smallest absolute Gasteiger partial charge is 0.122 e. The van der Waals surface area contributed by atoms with Crippen LogP contribution in [-0.2, 0) is 0 Å². The van der Waals surface area contributed by atoms with Gasteiger partial charge in [-0.25, -0.2) is 4.98 Å². The van der Waals surface area contributed by atoms with Gasteiger partial charge in [-0.15, -0.1) is 11.3 Å². The highest BCUT2D eigenvalue weighted by atomic mass is 32.1. The lowest BCUT2D eigenvalue weighted by atomic mass is 10.1. The number of nitrogens with zero attached hydrogens (tertiary/aromatic N) is 1. The van der Waals surface area contributed by atoms with Crippen LogP contribution in [0.5, 0.6) is 0 Å². The van der Waals surface area contributed by atoms with E-state index in [1.54, 1.807) is 0 Å². The van der Waals surface area contributed by atoms with Crippen molar-refractivity contribution in [1.82, 2.24) is 4.98 Å². The number of aromatic nitrogens is 1. The van der Waals surface area contributed by atoms with Crippen LogP contribution in [-0.4, -0.2) is 10.1 Å². The monoisotopic (exact) mass is 171 g/mol. The van der Waals surface area contributed by atoms with Gasteiger partial charge in [0.2, 0.25) is 0 Å². The molecule has 0 aliphatic rings. The molecule has 0 radical (unpaired) electrons. The van der Waals surface area contributed by atoms with E-state index in [0.29, 0.717) is 0 Å². The van der Waals surface area contributed by atoms with Crippen LogP contribution in [0.2, 0.25) is 0 Å². The zero-order chi connectivity index (χ0) is 8.43. The maximum Gasteiger partial charge on any atom is 0.122 e. The first-order valence-electron chi connectivity index (χ1n) is 3.71. The molecule has 1 rings (SSSR count). The fourth-order valence-corrected chi connectivity index (χ4v) is 1.75. The Kier molecular flexibility index (Phi) is 2.62. The lowest BCUT2D eigenvalue weighted by Gasteiger charge is -2.09. The van der Waals surface area contributed by atoms with Crippen molar-refractivity contribution in [1.29, 1.82) is 0 Å². The molecule has 1 aromatic rings. The highest BCUT2D eigenvalue weighted by molar-refractivity contribution is 7.09. The first kappa shape index (κ1) is 8.68. The van der Waals surface area contributed by atoms with Gasteiger partial charge in [-0.2, -0.15) is 0 Å². The van der Waals surface area contributed by atoms with Gasteiger partial charge in [0.15, 0.2) is 0 Å². The van der Waals surface area contributed by atoms with E-state index in [1.807, 2.05) is 26.2 Å². The van der Waals surface area contributed by atoms with E-state index in [4.69, 9.17) is 0 Å². The molecule has 1 N–H and O–H groups in total. The van der Waals surface area contributed by atoms with Crippen LogP contribution in [0, 0.1) is 12.8 Å². The van der Waals surface area contributed by atoms with Crippen molar-refractivity contribution in [3.63, 3.8) is 0 Å². The Bertz CT molecular complexity index is 232. The molecule has 1 atom stereocenters. The molecule has 2 nitrogen and oxygen atoms in total. The molecule has 0 aliphatic heterocycles. The summed E-state index contributed by atoms with van der Waals surface area (Å²) in [4.78, 5) is 4.20. The standard InChI is InChI=1S/C8H13NOS/c1-5(2)7(10)8-9-6(3)4-11-8/h4-5,7,10H,1-3H3. The third-order valence-electron chi connectivity index (χ3n) is 1.52. The Morgan fingerprint density at radius 1 is 1.55 bits per heavy atom. The lowest BCUT2D eigenvalue weighted by molar-refractivity contribution is 0.126. The van der Waals surface area contributed by atoms with Gasteiger partial charge < -0.3 is 5.11 Å². The van der Waals surface area contributed by atoms with Crippen molar-refractivity contribution >= 4 is 11.3 Å². The van der Waals surface area contributed by atoms with Gasteiger partial charge >= 0.3 is 0 Å². The van der Waals surface area contributed by atoms with Crippen LogP contribution in [0.3, 0.4) is 0 Å². The van der Waals surface area contributed by atoms with E-state index in [1.165, 1.54) is 11.3 Å². The highest BCUT2D eigenvalue weighted by Crippen LogP contribution is 2.23. The third-order valence-corrected chi connectivity index (χ3v) is 2.55. The number of rotatable bonds is 2. The summed E-state index contributed by atoms with van der Waals surface area (Å²) >= 11 is 1.52. The lowest BCUT2D eigenvalue weighted by Crippen LogP contribution is -2.04. The quantitative estimate of drug-likeness (QED) is 0.739. The van der Waals surface area contributed by atoms with Crippen molar-refractivity contribution in [3.8, 4) is 0 Å². The van der Waals surface area contributed by atoms with E-state index in [9.17, 15) is 5.11 Å². The average Bonchev–Trinajstić information content (AvgIpc) is 2.34. The van der Waals surface area contributed by atoms with Gasteiger partial charge in [0, 0.05) is 11.1 Å². The van der Waals surface area contributed by atoms with E-state index in [2.05, 4.69) is 4.98 Å². The number of aliphatic hydroxyl groups is 1. The Morgan fingerprint density at radius 3 is 2.55 bits per heavy atom. The van der Waals surface area contributed by atoms with Crippen LogP contribution < -0.4 is 0 Å². The molecule has 0 saturated heterocycles. The number of aryl methyl sites for hydroxylation is 1. The van der Waals surface area contributed by atoms with Gasteiger partial charge in [0.25, 0.3) is 0 Å². The molecule has 0 fully saturated rings. The number of hydrogen-bond acceptors (Lipinski definition) is 3. The Labute approximate surface area is 70.9 Å². The molecule has 0 saturated carbocycles. The van der Waals surface area contributed by atoms with E-state index in [-0.39, 0.29) is 5.92 Å². The molecular weight excluding hydrogens is 158 g/mol. The van der Waals surface area contributed by atoms with Gasteiger partial charge in [0.1, 0.15) is 11.1 Å². The first-order chi connectivity index (χ1) is 5.11. The molecule has 62 valence electrons. The van der Waals surface area contributed by atoms with E-state index < -0.39 is 6.10 Å². The van der Waals surface area contributed by atoms with Crippen molar-refractivity contribution in [2.24, 2.45) is 5.92 Å². The van der Waals surface area contributed by atoms with Gasteiger partial charge in [0.05, 0.1) is 0 Å². The molecule has 1 unspecified atom stereocenters. The maximum absolute atomic E-state index is 9.56. The molecule has 0 amide bonds. The first-order valence-corrected chi connectivity index (χ1v) is 4.59. The third kappa shape index (κ3) is 2.01. The minimum absolute atomic E-state index is 0.251. The molecule has 1 heterocycles. The Morgan fingerprint density at radius 2 is 2.18 bits per heavy atom. The van der Waals surface area contributed by atoms with Crippen molar-refractivity contribution in [3.05, 3.63) is 16.1 Å². The van der Waals surface area contributed by atoms with Crippen LogP contribution in [0.15, 0.2) is 5.38 Å². The second-order valence-corrected chi connectivity index (χ2v) is 3.91. The summed E-state index contributed by atoms with van der Waals surface area (Å²) in [6, 6.07) is 0. The van der Waals surface area contributed by atoms with Crippen LogP contribution >= 0.6 is 11.3 Å². The van der Waals surface area contributed by atoms with Crippen molar-refractivity contribution in [2.75, 3.05) is 0 Å². The molecule has 0 spiro atoms. The Hall–Kier alpha value is -0.410. The second-order valence-electron chi connectivity index (χ2n) is 3.02. The molecular formula is C8H13NOS.